The number of benzene rings is 1. The number of hydrogen-bond acceptors (Lipinski definition) is 2. The van der Waals surface area contributed by atoms with Crippen molar-refractivity contribution in [3.8, 4) is 0 Å². The Kier molecular flexibility index (Phi) is 2.47. The fraction of sp³-hybridized carbons (Fsp3) is 0.385. The molecule has 1 aromatic rings. The molecule has 3 rings (SSSR count). The Hall–Kier alpha value is -2.04. The smallest absolute Gasteiger partial charge is 0.320 e. The highest BCUT2D eigenvalue weighted by Gasteiger charge is 2.38. The van der Waals surface area contributed by atoms with Crippen LogP contribution < -0.4 is 0 Å². The number of carbonyl (C=O) groups is 2. The van der Waals surface area contributed by atoms with Gasteiger partial charge in [0.1, 0.15) is 0 Å². The van der Waals surface area contributed by atoms with Crippen molar-refractivity contribution in [3.05, 3.63) is 35.4 Å². The van der Waals surface area contributed by atoms with E-state index in [1.807, 2.05) is 24.3 Å². The first-order valence-electron chi connectivity index (χ1n) is 5.98. The molecule has 0 saturated carbocycles. The van der Waals surface area contributed by atoms with Crippen LogP contribution in [-0.4, -0.2) is 40.0 Å². The predicted octanol–water partition coefficient (Wildman–Crippen LogP) is 1.14. The molecule has 0 unspecified atom stereocenters. The van der Waals surface area contributed by atoms with Crippen molar-refractivity contribution in [1.82, 2.24) is 9.80 Å². The van der Waals surface area contributed by atoms with Crippen LogP contribution in [0.25, 0.3) is 0 Å². The average molecular weight is 246 g/mol. The van der Waals surface area contributed by atoms with Gasteiger partial charge in [-0.3, -0.25) is 4.79 Å². The van der Waals surface area contributed by atoms with Gasteiger partial charge in [0.05, 0.1) is 5.92 Å². The molecule has 5 nitrogen and oxygen atoms in total. The fourth-order valence-electron chi connectivity index (χ4n) is 2.46. The van der Waals surface area contributed by atoms with Crippen molar-refractivity contribution in [2.45, 2.75) is 13.1 Å². The van der Waals surface area contributed by atoms with Crippen molar-refractivity contribution in [2.75, 3.05) is 13.1 Å². The van der Waals surface area contributed by atoms with Gasteiger partial charge in [-0.15, -0.1) is 0 Å². The molecule has 2 aliphatic rings. The Morgan fingerprint density at radius 2 is 1.61 bits per heavy atom. The number of nitrogens with zero attached hydrogens (tertiary/aromatic N) is 2. The van der Waals surface area contributed by atoms with Crippen molar-refractivity contribution in [1.29, 1.82) is 0 Å². The second-order valence-electron chi connectivity index (χ2n) is 4.85. The minimum atomic E-state index is -0.816. The van der Waals surface area contributed by atoms with Gasteiger partial charge in [-0.25, -0.2) is 4.79 Å². The van der Waals surface area contributed by atoms with Gasteiger partial charge in [-0.2, -0.15) is 0 Å². The van der Waals surface area contributed by atoms with Crippen LogP contribution in [0.1, 0.15) is 11.1 Å². The summed E-state index contributed by atoms with van der Waals surface area (Å²) in [4.78, 5) is 26.2. The number of aliphatic carboxylic acids is 1. The summed E-state index contributed by atoms with van der Waals surface area (Å²) in [5.74, 6) is -1.21. The monoisotopic (exact) mass is 246 g/mol. The standard InChI is InChI=1S/C13H14N2O3/c16-12(17)11-7-15(8-11)13(18)14-5-9-3-1-2-4-10(9)6-14/h1-4,11H,5-8H2,(H,16,17). The maximum absolute atomic E-state index is 12.1. The number of likely N-dealkylation sites (tertiary alicyclic amines) is 1. The molecule has 0 aromatic heterocycles. The highest BCUT2D eigenvalue weighted by molar-refractivity contribution is 5.80. The van der Waals surface area contributed by atoms with Crippen molar-refractivity contribution >= 4 is 12.0 Å². The van der Waals surface area contributed by atoms with E-state index in [-0.39, 0.29) is 11.9 Å². The zero-order valence-electron chi connectivity index (χ0n) is 9.87. The number of rotatable bonds is 1. The lowest BCUT2D eigenvalue weighted by Crippen LogP contribution is -2.56. The molecule has 1 aromatic carbocycles. The number of hydrogen-bond donors (Lipinski definition) is 1. The lowest BCUT2D eigenvalue weighted by molar-refractivity contribution is -0.146. The van der Waals surface area contributed by atoms with E-state index in [2.05, 4.69) is 0 Å². The highest BCUT2D eigenvalue weighted by atomic mass is 16.4. The van der Waals surface area contributed by atoms with Crippen LogP contribution >= 0.6 is 0 Å². The largest absolute Gasteiger partial charge is 0.481 e. The zero-order valence-corrected chi connectivity index (χ0v) is 9.87. The molecule has 94 valence electrons. The minimum Gasteiger partial charge on any atom is -0.481 e. The Labute approximate surface area is 105 Å². The maximum Gasteiger partial charge on any atom is 0.320 e. The molecular weight excluding hydrogens is 232 g/mol. The van der Waals surface area contributed by atoms with Crippen LogP contribution in [0.15, 0.2) is 24.3 Å². The normalized spacial score (nSPS) is 18.4. The number of carboxylic acid groups (broad SMARTS) is 1. The summed E-state index contributed by atoms with van der Waals surface area (Å²) in [6.45, 7) is 1.93. The molecule has 18 heavy (non-hydrogen) atoms. The van der Waals surface area contributed by atoms with Crippen molar-refractivity contribution < 1.29 is 14.7 Å². The van der Waals surface area contributed by atoms with Gasteiger partial charge in [-0.1, -0.05) is 24.3 Å². The molecule has 2 heterocycles. The van der Waals surface area contributed by atoms with Crippen LogP contribution in [0, 0.1) is 5.92 Å². The lowest BCUT2D eigenvalue weighted by Gasteiger charge is -2.38. The Bertz CT molecular complexity index is 484. The molecule has 2 amide bonds. The summed E-state index contributed by atoms with van der Waals surface area (Å²) >= 11 is 0. The predicted molar refractivity (Wildman–Crippen MR) is 63.8 cm³/mol. The summed E-state index contributed by atoms with van der Waals surface area (Å²) in [6.07, 6.45) is 0. The summed E-state index contributed by atoms with van der Waals surface area (Å²) in [6, 6.07) is 7.94. The molecule has 1 N–H and O–H groups in total. The van der Waals surface area contributed by atoms with E-state index in [1.54, 1.807) is 9.80 Å². The number of urea groups is 1. The summed E-state index contributed by atoms with van der Waals surface area (Å²) in [5, 5.41) is 8.79. The summed E-state index contributed by atoms with van der Waals surface area (Å²) < 4.78 is 0. The fourth-order valence-corrected chi connectivity index (χ4v) is 2.46. The molecular formula is C13H14N2O3. The Balaban J connectivity index is 1.62. The van der Waals surface area contributed by atoms with Crippen molar-refractivity contribution in [2.24, 2.45) is 5.92 Å². The molecule has 0 atom stereocenters. The first kappa shape index (κ1) is 11.1. The van der Waals surface area contributed by atoms with Gasteiger partial charge in [0.25, 0.3) is 0 Å². The van der Waals surface area contributed by atoms with E-state index in [1.165, 1.54) is 11.1 Å². The third kappa shape index (κ3) is 1.72. The topological polar surface area (TPSA) is 60.9 Å². The van der Waals surface area contributed by atoms with Gasteiger partial charge >= 0.3 is 12.0 Å². The number of carboxylic acids is 1. The molecule has 1 fully saturated rings. The van der Waals surface area contributed by atoms with Crippen LogP contribution in [0.5, 0.6) is 0 Å². The van der Waals surface area contributed by atoms with Crippen LogP contribution in [-0.2, 0) is 17.9 Å². The van der Waals surface area contributed by atoms with Crippen LogP contribution in [0.3, 0.4) is 0 Å². The van der Waals surface area contributed by atoms with Gasteiger partial charge in [0.15, 0.2) is 0 Å². The minimum absolute atomic E-state index is 0.0521. The Morgan fingerprint density at radius 1 is 1.06 bits per heavy atom. The molecule has 2 aliphatic heterocycles. The van der Waals surface area contributed by atoms with E-state index in [0.717, 1.165) is 0 Å². The van der Waals surface area contributed by atoms with Crippen LogP contribution in [0.4, 0.5) is 4.79 Å². The number of amides is 2. The van der Waals surface area contributed by atoms with E-state index >= 15 is 0 Å². The molecule has 0 bridgehead atoms. The van der Waals surface area contributed by atoms with Gasteiger partial charge < -0.3 is 14.9 Å². The summed E-state index contributed by atoms with van der Waals surface area (Å²) in [5.41, 5.74) is 2.36. The van der Waals surface area contributed by atoms with Gasteiger partial charge in [0, 0.05) is 26.2 Å². The van der Waals surface area contributed by atoms with Gasteiger partial charge in [0.2, 0.25) is 0 Å². The van der Waals surface area contributed by atoms with Crippen molar-refractivity contribution in [3.63, 3.8) is 0 Å². The van der Waals surface area contributed by atoms with E-state index in [4.69, 9.17) is 5.11 Å². The second kappa shape index (κ2) is 4.01. The molecule has 0 spiro atoms. The quantitative estimate of drug-likeness (QED) is 0.808. The van der Waals surface area contributed by atoms with E-state index in [0.29, 0.717) is 26.2 Å². The zero-order chi connectivity index (χ0) is 12.7. The first-order valence-corrected chi connectivity index (χ1v) is 5.98. The Morgan fingerprint density at radius 3 is 2.11 bits per heavy atom. The molecule has 5 heteroatoms. The van der Waals surface area contributed by atoms with Crippen LogP contribution in [0.2, 0.25) is 0 Å². The molecule has 1 saturated heterocycles. The average Bonchev–Trinajstić information content (AvgIpc) is 2.69. The third-order valence-electron chi connectivity index (χ3n) is 3.61. The van der Waals surface area contributed by atoms with E-state index in [9.17, 15) is 9.59 Å². The second-order valence-corrected chi connectivity index (χ2v) is 4.85. The summed E-state index contributed by atoms with van der Waals surface area (Å²) in [7, 11) is 0. The number of fused-ring (bicyclic) bond motifs is 1. The van der Waals surface area contributed by atoms with Gasteiger partial charge in [-0.05, 0) is 11.1 Å². The lowest BCUT2D eigenvalue weighted by atomic mass is 10.0. The highest BCUT2D eigenvalue weighted by Crippen LogP contribution is 2.25. The van der Waals surface area contributed by atoms with E-state index < -0.39 is 5.97 Å². The SMILES string of the molecule is O=C(O)C1CN(C(=O)N2Cc3ccccc3C2)C1. The number of carbonyl (C=O) groups excluding carboxylic acids is 1. The maximum atomic E-state index is 12.1. The molecule has 0 aliphatic carbocycles. The first-order chi connectivity index (χ1) is 8.65. The molecule has 0 radical (unpaired) electrons. The third-order valence-corrected chi connectivity index (χ3v) is 3.61.